The summed E-state index contributed by atoms with van der Waals surface area (Å²) < 4.78 is 4.83. The fourth-order valence-electron chi connectivity index (χ4n) is 1.13. The first-order valence-electron chi connectivity index (χ1n) is 3.55. The van der Waals surface area contributed by atoms with E-state index < -0.39 is 0 Å². The molecule has 0 aromatic carbocycles. The summed E-state index contributed by atoms with van der Waals surface area (Å²) in [5.41, 5.74) is 0. The van der Waals surface area contributed by atoms with E-state index in [2.05, 4.69) is 0 Å². The van der Waals surface area contributed by atoms with Gasteiger partial charge in [0.25, 0.3) is 0 Å². The number of hydrogen-bond donors (Lipinski definition) is 0. The van der Waals surface area contributed by atoms with Crippen molar-refractivity contribution in [1.29, 1.82) is 0 Å². The third-order valence-electron chi connectivity index (χ3n) is 1.69. The van der Waals surface area contributed by atoms with Crippen molar-refractivity contribution in [2.75, 3.05) is 0 Å². The molecular formula is C7H7NO3S. The molecule has 0 N–H and O–H groups in total. The fraction of sp³-hybridized carbons (Fsp3) is 0.429. The minimum absolute atomic E-state index is 0.0923. The molecule has 2 aliphatic rings. The molecule has 1 fully saturated rings. The van der Waals surface area contributed by atoms with E-state index in [9.17, 15) is 9.59 Å². The van der Waals surface area contributed by atoms with Gasteiger partial charge in [-0.15, -0.1) is 0 Å². The Balaban J connectivity index is 2.02. The SMILES string of the molecule is CC(=O)OC1=CN2C(=O)C[C@H]2S1. The summed E-state index contributed by atoms with van der Waals surface area (Å²) in [7, 11) is 0. The van der Waals surface area contributed by atoms with Crippen LogP contribution in [0.15, 0.2) is 11.3 Å². The number of esters is 1. The Kier molecular flexibility index (Phi) is 1.61. The number of fused-ring (bicyclic) bond motifs is 1. The number of ether oxygens (including phenoxy) is 1. The molecule has 0 spiro atoms. The smallest absolute Gasteiger partial charge is 0.308 e. The van der Waals surface area contributed by atoms with Gasteiger partial charge in [0.2, 0.25) is 5.91 Å². The number of amides is 1. The van der Waals surface area contributed by atoms with Gasteiger partial charge >= 0.3 is 5.97 Å². The van der Waals surface area contributed by atoms with Gasteiger partial charge in [-0.3, -0.25) is 9.59 Å². The maximum absolute atomic E-state index is 10.9. The molecule has 2 heterocycles. The number of hydrogen-bond acceptors (Lipinski definition) is 4. The number of β-lactam (4-membered cyclic amide) rings is 1. The molecule has 2 rings (SSSR count). The van der Waals surface area contributed by atoms with Crippen molar-refractivity contribution in [2.45, 2.75) is 18.7 Å². The van der Waals surface area contributed by atoms with Crippen LogP contribution in [0.4, 0.5) is 0 Å². The molecule has 0 saturated carbocycles. The largest absolute Gasteiger partial charge is 0.418 e. The Morgan fingerprint density at radius 1 is 1.83 bits per heavy atom. The Labute approximate surface area is 73.5 Å². The number of thioether (sulfide) groups is 1. The van der Waals surface area contributed by atoms with Crippen LogP contribution in [-0.4, -0.2) is 22.2 Å². The first-order chi connectivity index (χ1) is 5.66. The van der Waals surface area contributed by atoms with Gasteiger partial charge in [-0.25, -0.2) is 0 Å². The summed E-state index contributed by atoms with van der Waals surface area (Å²) in [6.45, 7) is 1.35. The highest BCUT2D eigenvalue weighted by Gasteiger charge is 2.41. The van der Waals surface area contributed by atoms with E-state index in [4.69, 9.17) is 4.74 Å². The highest BCUT2D eigenvalue weighted by atomic mass is 32.2. The molecule has 0 bridgehead atoms. The van der Waals surface area contributed by atoms with E-state index >= 15 is 0 Å². The lowest BCUT2D eigenvalue weighted by atomic mass is 10.2. The second kappa shape index (κ2) is 2.52. The molecule has 4 nitrogen and oxygen atoms in total. The molecule has 12 heavy (non-hydrogen) atoms. The molecule has 0 radical (unpaired) electrons. The van der Waals surface area contributed by atoms with Crippen molar-refractivity contribution >= 4 is 23.6 Å². The zero-order chi connectivity index (χ0) is 8.72. The second-order valence-corrected chi connectivity index (χ2v) is 3.80. The van der Waals surface area contributed by atoms with E-state index in [1.54, 1.807) is 11.1 Å². The standard InChI is InChI=1S/C7H7NO3S/c1-4(9)11-7-3-8-5(10)2-6(8)12-7/h3,6H,2H2,1H3/t6-/m1/s1. The molecule has 1 saturated heterocycles. The monoisotopic (exact) mass is 185 g/mol. The molecule has 0 aromatic heterocycles. The summed E-state index contributed by atoms with van der Waals surface area (Å²) in [6, 6.07) is 0. The van der Waals surface area contributed by atoms with Gasteiger partial charge in [0.15, 0.2) is 5.09 Å². The minimum Gasteiger partial charge on any atom is -0.418 e. The van der Waals surface area contributed by atoms with Crippen LogP contribution < -0.4 is 0 Å². The Morgan fingerprint density at radius 3 is 3.08 bits per heavy atom. The maximum Gasteiger partial charge on any atom is 0.308 e. The molecule has 0 aromatic rings. The van der Waals surface area contributed by atoms with E-state index in [0.29, 0.717) is 11.5 Å². The topological polar surface area (TPSA) is 46.6 Å². The van der Waals surface area contributed by atoms with Gasteiger partial charge in [-0.05, 0) is 0 Å². The van der Waals surface area contributed by atoms with E-state index in [-0.39, 0.29) is 17.3 Å². The molecule has 2 aliphatic heterocycles. The third-order valence-corrected chi connectivity index (χ3v) is 2.78. The van der Waals surface area contributed by atoms with Crippen LogP contribution in [0.1, 0.15) is 13.3 Å². The van der Waals surface area contributed by atoms with E-state index in [1.165, 1.54) is 18.7 Å². The molecule has 1 amide bonds. The van der Waals surface area contributed by atoms with Crippen molar-refractivity contribution in [3.63, 3.8) is 0 Å². The third kappa shape index (κ3) is 1.10. The summed E-state index contributed by atoms with van der Waals surface area (Å²) in [6.07, 6.45) is 2.13. The number of nitrogens with zero attached hydrogens (tertiary/aromatic N) is 1. The molecule has 0 unspecified atom stereocenters. The van der Waals surface area contributed by atoms with Crippen molar-refractivity contribution in [1.82, 2.24) is 4.90 Å². The van der Waals surface area contributed by atoms with Gasteiger partial charge in [0, 0.05) is 6.92 Å². The predicted octanol–water partition coefficient (Wildman–Crippen LogP) is 0.654. The Morgan fingerprint density at radius 2 is 2.58 bits per heavy atom. The van der Waals surface area contributed by atoms with Crippen LogP contribution in [0, 0.1) is 0 Å². The predicted molar refractivity (Wildman–Crippen MR) is 42.7 cm³/mol. The van der Waals surface area contributed by atoms with Gasteiger partial charge in [0.05, 0.1) is 18.0 Å². The zero-order valence-corrected chi connectivity index (χ0v) is 7.26. The Hall–Kier alpha value is -0.970. The van der Waals surface area contributed by atoms with E-state index in [1.807, 2.05) is 0 Å². The number of carbonyl (C=O) groups is 2. The van der Waals surface area contributed by atoms with Gasteiger partial charge in [-0.1, -0.05) is 11.8 Å². The highest BCUT2D eigenvalue weighted by Crippen LogP contribution is 2.41. The number of carbonyl (C=O) groups excluding carboxylic acids is 2. The van der Waals surface area contributed by atoms with E-state index in [0.717, 1.165) is 0 Å². The zero-order valence-electron chi connectivity index (χ0n) is 6.44. The average Bonchev–Trinajstić information content (AvgIpc) is 2.26. The quantitative estimate of drug-likeness (QED) is 0.444. The first-order valence-corrected chi connectivity index (χ1v) is 4.43. The van der Waals surface area contributed by atoms with Crippen LogP contribution >= 0.6 is 11.8 Å². The van der Waals surface area contributed by atoms with Crippen molar-refractivity contribution in [3.05, 3.63) is 11.3 Å². The summed E-state index contributed by atoms with van der Waals surface area (Å²) in [5.74, 6) is -0.252. The normalized spacial score (nSPS) is 26.1. The molecule has 64 valence electrons. The van der Waals surface area contributed by atoms with Gasteiger partial charge < -0.3 is 9.64 Å². The van der Waals surface area contributed by atoms with Crippen LogP contribution in [0.5, 0.6) is 0 Å². The number of rotatable bonds is 1. The van der Waals surface area contributed by atoms with Crippen molar-refractivity contribution in [2.24, 2.45) is 0 Å². The maximum atomic E-state index is 10.9. The van der Waals surface area contributed by atoms with Gasteiger partial charge in [-0.2, -0.15) is 0 Å². The van der Waals surface area contributed by atoms with Gasteiger partial charge in [0.1, 0.15) is 0 Å². The van der Waals surface area contributed by atoms with Crippen molar-refractivity contribution in [3.8, 4) is 0 Å². The molecule has 1 atom stereocenters. The van der Waals surface area contributed by atoms with Crippen LogP contribution in [0.2, 0.25) is 0 Å². The molecule has 5 heteroatoms. The first kappa shape index (κ1) is 7.67. The molecular weight excluding hydrogens is 178 g/mol. The Bertz CT molecular complexity index is 286. The molecule has 0 aliphatic carbocycles. The van der Waals surface area contributed by atoms with Crippen LogP contribution in [0.3, 0.4) is 0 Å². The lowest BCUT2D eigenvalue weighted by Gasteiger charge is -2.31. The summed E-state index contributed by atoms with van der Waals surface area (Å²) in [4.78, 5) is 23.0. The summed E-state index contributed by atoms with van der Waals surface area (Å²) >= 11 is 1.42. The lowest BCUT2D eigenvalue weighted by Crippen LogP contribution is -2.44. The highest BCUT2D eigenvalue weighted by molar-refractivity contribution is 8.03. The lowest BCUT2D eigenvalue weighted by molar-refractivity contribution is -0.138. The van der Waals surface area contributed by atoms with Crippen molar-refractivity contribution < 1.29 is 14.3 Å². The average molecular weight is 185 g/mol. The van der Waals surface area contributed by atoms with Crippen LogP contribution in [-0.2, 0) is 14.3 Å². The fourth-order valence-corrected chi connectivity index (χ4v) is 2.25. The second-order valence-electron chi connectivity index (χ2n) is 2.62. The minimum atomic E-state index is -0.344. The summed E-state index contributed by atoms with van der Waals surface area (Å²) in [5, 5.41) is 0.699. The van der Waals surface area contributed by atoms with Crippen LogP contribution in [0.25, 0.3) is 0 Å².